The fourth-order valence-electron chi connectivity index (χ4n) is 4.18. The summed E-state index contributed by atoms with van der Waals surface area (Å²) in [6.45, 7) is 6.46. The smallest absolute Gasteiger partial charge is 0.0720 e. The second-order valence-corrected chi connectivity index (χ2v) is 8.19. The molecule has 2 aromatic carbocycles. The lowest BCUT2D eigenvalue weighted by Crippen LogP contribution is -2.43. The van der Waals surface area contributed by atoms with Crippen LogP contribution < -0.4 is 0 Å². The largest absolute Gasteiger partial charge is 0.374 e. The molecule has 1 aliphatic heterocycles. The van der Waals surface area contributed by atoms with E-state index in [1.165, 1.54) is 61.0 Å². The highest BCUT2D eigenvalue weighted by molar-refractivity contribution is 5.64. The van der Waals surface area contributed by atoms with E-state index in [0.717, 1.165) is 26.2 Å². The Balaban J connectivity index is 1.36. The highest BCUT2D eigenvalue weighted by Crippen LogP contribution is 2.24. The van der Waals surface area contributed by atoms with Gasteiger partial charge in [0.1, 0.15) is 0 Å². The van der Waals surface area contributed by atoms with Gasteiger partial charge in [0, 0.05) is 32.7 Å². The van der Waals surface area contributed by atoms with Crippen LogP contribution in [0.15, 0.2) is 48.5 Å². The number of ether oxygens (including phenoxy) is 1. The van der Waals surface area contributed by atoms with Crippen molar-refractivity contribution in [3.05, 3.63) is 59.7 Å². The fourth-order valence-corrected chi connectivity index (χ4v) is 4.18. The van der Waals surface area contributed by atoms with E-state index in [9.17, 15) is 0 Å². The van der Waals surface area contributed by atoms with Gasteiger partial charge in [0.25, 0.3) is 0 Å². The highest BCUT2D eigenvalue weighted by atomic mass is 16.5. The third-order valence-electron chi connectivity index (χ3n) is 6.00. The summed E-state index contributed by atoms with van der Waals surface area (Å²) in [6, 6.07) is 17.9. The molecule has 0 unspecified atom stereocenters. The van der Waals surface area contributed by atoms with Crippen LogP contribution in [0.25, 0.3) is 11.1 Å². The van der Waals surface area contributed by atoms with E-state index in [0.29, 0.717) is 6.10 Å². The van der Waals surface area contributed by atoms with Crippen molar-refractivity contribution in [2.45, 2.75) is 44.9 Å². The number of hydrogen-bond acceptors (Lipinski definition) is 3. The van der Waals surface area contributed by atoms with Crippen molar-refractivity contribution < 1.29 is 4.74 Å². The van der Waals surface area contributed by atoms with Gasteiger partial charge >= 0.3 is 0 Å². The number of likely N-dealkylation sites (N-methyl/N-ethyl adjacent to an activating group) is 1. The standard InChI is InChI=1S/C24H32N2O/c1-25-13-15-26(16-14-25)18-21-5-4-6-23(17-21)22-11-9-20(10-12-22)19-27-24-7-2-3-8-24/h4-6,9-12,17,24H,2-3,7-8,13-16,18-19H2,1H3. The van der Waals surface area contributed by atoms with Crippen molar-refractivity contribution in [1.82, 2.24) is 9.80 Å². The van der Waals surface area contributed by atoms with Gasteiger partial charge in [0.05, 0.1) is 12.7 Å². The van der Waals surface area contributed by atoms with Crippen LogP contribution in [0.3, 0.4) is 0 Å². The molecule has 0 bridgehead atoms. The van der Waals surface area contributed by atoms with Crippen LogP contribution >= 0.6 is 0 Å². The Morgan fingerprint density at radius 2 is 1.59 bits per heavy atom. The lowest BCUT2D eigenvalue weighted by molar-refractivity contribution is 0.0457. The quantitative estimate of drug-likeness (QED) is 0.747. The zero-order valence-corrected chi connectivity index (χ0v) is 16.6. The summed E-state index contributed by atoms with van der Waals surface area (Å²) in [6.07, 6.45) is 5.61. The average molecular weight is 365 g/mol. The Bertz CT molecular complexity index is 713. The van der Waals surface area contributed by atoms with Gasteiger partial charge in [-0.25, -0.2) is 0 Å². The fraction of sp³-hybridized carbons (Fsp3) is 0.500. The molecular formula is C24H32N2O. The average Bonchev–Trinajstić information content (AvgIpc) is 3.23. The summed E-state index contributed by atoms with van der Waals surface area (Å²) in [4.78, 5) is 4.97. The van der Waals surface area contributed by atoms with E-state index in [2.05, 4.69) is 65.4 Å². The van der Waals surface area contributed by atoms with Crippen molar-refractivity contribution >= 4 is 0 Å². The van der Waals surface area contributed by atoms with Crippen molar-refractivity contribution in [3.8, 4) is 11.1 Å². The molecule has 2 aromatic rings. The zero-order valence-electron chi connectivity index (χ0n) is 16.6. The first-order valence-corrected chi connectivity index (χ1v) is 10.5. The van der Waals surface area contributed by atoms with Crippen LogP contribution in [0.1, 0.15) is 36.8 Å². The SMILES string of the molecule is CN1CCN(Cc2cccc(-c3ccc(COC4CCCC4)cc3)c2)CC1. The molecule has 1 saturated heterocycles. The van der Waals surface area contributed by atoms with Crippen LogP contribution in [-0.2, 0) is 17.9 Å². The number of hydrogen-bond donors (Lipinski definition) is 0. The molecule has 2 fully saturated rings. The van der Waals surface area contributed by atoms with Gasteiger partial charge < -0.3 is 9.64 Å². The van der Waals surface area contributed by atoms with E-state index in [-0.39, 0.29) is 0 Å². The van der Waals surface area contributed by atoms with Crippen molar-refractivity contribution in [2.75, 3.05) is 33.2 Å². The molecule has 1 saturated carbocycles. The Kier molecular flexibility index (Phi) is 6.23. The van der Waals surface area contributed by atoms with Crippen LogP contribution in [0.5, 0.6) is 0 Å². The van der Waals surface area contributed by atoms with E-state index < -0.39 is 0 Å². The highest BCUT2D eigenvalue weighted by Gasteiger charge is 2.15. The Morgan fingerprint density at radius 3 is 2.33 bits per heavy atom. The topological polar surface area (TPSA) is 15.7 Å². The molecule has 4 rings (SSSR count). The first-order valence-electron chi connectivity index (χ1n) is 10.5. The third-order valence-corrected chi connectivity index (χ3v) is 6.00. The van der Waals surface area contributed by atoms with Gasteiger partial charge in [-0.15, -0.1) is 0 Å². The van der Waals surface area contributed by atoms with Crippen LogP contribution in [-0.4, -0.2) is 49.1 Å². The molecule has 0 amide bonds. The summed E-state index contributed by atoms with van der Waals surface area (Å²) in [5.74, 6) is 0. The molecule has 0 N–H and O–H groups in total. The third kappa shape index (κ3) is 5.19. The molecule has 27 heavy (non-hydrogen) atoms. The van der Waals surface area contributed by atoms with Crippen LogP contribution in [0.4, 0.5) is 0 Å². The summed E-state index contributed by atoms with van der Waals surface area (Å²) in [5.41, 5.74) is 5.29. The second kappa shape index (κ2) is 9.01. The molecular weight excluding hydrogens is 332 g/mol. The zero-order chi connectivity index (χ0) is 18.5. The molecule has 1 aliphatic carbocycles. The molecule has 1 heterocycles. The number of piperazine rings is 1. The predicted molar refractivity (Wildman–Crippen MR) is 112 cm³/mol. The summed E-state index contributed by atoms with van der Waals surface area (Å²) >= 11 is 0. The van der Waals surface area contributed by atoms with Crippen LogP contribution in [0.2, 0.25) is 0 Å². The number of benzene rings is 2. The number of rotatable bonds is 6. The first kappa shape index (κ1) is 18.7. The van der Waals surface area contributed by atoms with E-state index in [1.54, 1.807) is 0 Å². The Labute approximate surface area is 163 Å². The molecule has 0 radical (unpaired) electrons. The van der Waals surface area contributed by atoms with Crippen LogP contribution in [0, 0.1) is 0 Å². The molecule has 0 aromatic heterocycles. The molecule has 3 heteroatoms. The van der Waals surface area contributed by atoms with E-state index in [4.69, 9.17) is 4.74 Å². The van der Waals surface area contributed by atoms with Crippen molar-refractivity contribution in [3.63, 3.8) is 0 Å². The molecule has 3 nitrogen and oxygen atoms in total. The molecule has 144 valence electrons. The molecule has 2 aliphatic rings. The lowest BCUT2D eigenvalue weighted by atomic mass is 10.0. The van der Waals surface area contributed by atoms with E-state index >= 15 is 0 Å². The minimum atomic E-state index is 0.482. The normalized spacial score (nSPS) is 19.6. The predicted octanol–water partition coefficient (Wildman–Crippen LogP) is 4.56. The molecule has 0 spiro atoms. The summed E-state index contributed by atoms with van der Waals surface area (Å²) in [7, 11) is 2.21. The maximum absolute atomic E-state index is 6.04. The Hall–Kier alpha value is -1.68. The Morgan fingerprint density at radius 1 is 0.852 bits per heavy atom. The molecule has 0 atom stereocenters. The van der Waals surface area contributed by atoms with Gasteiger partial charge in [-0.05, 0) is 48.2 Å². The van der Waals surface area contributed by atoms with Gasteiger partial charge in [-0.2, -0.15) is 0 Å². The van der Waals surface area contributed by atoms with Crippen molar-refractivity contribution in [2.24, 2.45) is 0 Å². The van der Waals surface area contributed by atoms with Crippen molar-refractivity contribution in [1.29, 1.82) is 0 Å². The maximum Gasteiger partial charge on any atom is 0.0720 e. The summed E-state index contributed by atoms with van der Waals surface area (Å²) in [5, 5.41) is 0. The lowest BCUT2D eigenvalue weighted by Gasteiger charge is -2.32. The van der Waals surface area contributed by atoms with Gasteiger partial charge in [-0.3, -0.25) is 4.90 Å². The monoisotopic (exact) mass is 364 g/mol. The second-order valence-electron chi connectivity index (χ2n) is 8.19. The minimum Gasteiger partial charge on any atom is -0.374 e. The first-order chi connectivity index (χ1) is 13.3. The summed E-state index contributed by atoms with van der Waals surface area (Å²) < 4.78 is 6.04. The maximum atomic E-state index is 6.04. The van der Waals surface area contributed by atoms with Gasteiger partial charge in [0.15, 0.2) is 0 Å². The van der Waals surface area contributed by atoms with E-state index in [1.807, 2.05) is 0 Å². The minimum absolute atomic E-state index is 0.482. The van der Waals surface area contributed by atoms with Gasteiger partial charge in [0.2, 0.25) is 0 Å². The van der Waals surface area contributed by atoms with Gasteiger partial charge in [-0.1, -0.05) is 55.3 Å². The number of nitrogens with zero attached hydrogens (tertiary/aromatic N) is 2.